The molecule has 0 saturated carbocycles. The number of amides is 2. The van der Waals surface area contributed by atoms with Crippen LogP contribution in [0.15, 0.2) is 30.3 Å². The van der Waals surface area contributed by atoms with Crippen LogP contribution in [-0.4, -0.2) is 34.6 Å². The molecule has 0 aliphatic carbocycles. The summed E-state index contributed by atoms with van der Waals surface area (Å²) in [5.74, 6) is -0.922. The van der Waals surface area contributed by atoms with E-state index in [1.807, 2.05) is 30.3 Å². The molecule has 1 atom stereocenters. The van der Waals surface area contributed by atoms with E-state index >= 15 is 0 Å². The molecule has 0 radical (unpaired) electrons. The van der Waals surface area contributed by atoms with Gasteiger partial charge in [0.25, 0.3) is 0 Å². The molecule has 0 bridgehead atoms. The van der Waals surface area contributed by atoms with E-state index in [2.05, 4.69) is 5.32 Å². The van der Waals surface area contributed by atoms with Crippen molar-refractivity contribution in [3.8, 4) is 0 Å². The molecule has 19 heavy (non-hydrogen) atoms. The highest BCUT2D eigenvalue weighted by Gasteiger charge is 2.31. The number of carboxylic acid groups (broad SMARTS) is 1. The van der Waals surface area contributed by atoms with Crippen LogP contribution in [0.3, 0.4) is 0 Å². The van der Waals surface area contributed by atoms with Crippen LogP contribution < -0.4 is 5.32 Å². The Bertz CT molecular complexity index is 447. The fourth-order valence-electron chi connectivity index (χ4n) is 2.31. The lowest BCUT2D eigenvalue weighted by Gasteiger charge is -2.32. The lowest BCUT2D eigenvalue weighted by atomic mass is 10.0. The van der Waals surface area contributed by atoms with E-state index in [1.165, 1.54) is 4.90 Å². The van der Waals surface area contributed by atoms with E-state index in [0.29, 0.717) is 19.5 Å². The molecule has 2 N–H and O–H groups in total. The Kier molecular flexibility index (Phi) is 4.39. The first-order valence-electron chi connectivity index (χ1n) is 6.49. The third kappa shape index (κ3) is 3.47. The van der Waals surface area contributed by atoms with Crippen LogP contribution in [-0.2, 0) is 11.3 Å². The van der Waals surface area contributed by atoms with Crippen LogP contribution in [0.4, 0.5) is 4.79 Å². The summed E-state index contributed by atoms with van der Waals surface area (Å²) < 4.78 is 0. The summed E-state index contributed by atoms with van der Waals surface area (Å²) >= 11 is 0. The van der Waals surface area contributed by atoms with Gasteiger partial charge in [0, 0.05) is 13.1 Å². The summed E-state index contributed by atoms with van der Waals surface area (Å²) in [6, 6.07) is 8.58. The second-order valence-electron chi connectivity index (χ2n) is 4.69. The van der Waals surface area contributed by atoms with E-state index in [0.717, 1.165) is 18.4 Å². The number of piperidine rings is 1. The van der Waals surface area contributed by atoms with Gasteiger partial charge in [0.05, 0.1) is 0 Å². The zero-order valence-corrected chi connectivity index (χ0v) is 10.7. The number of carbonyl (C=O) groups excluding carboxylic acids is 1. The standard InChI is InChI=1S/C14H18N2O3/c17-13(18)12-8-4-5-9-16(12)14(19)15-10-11-6-2-1-3-7-11/h1-3,6-7,12H,4-5,8-10H2,(H,15,19)(H,17,18)/t12-/m1/s1. The van der Waals surface area contributed by atoms with Crippen LogP contribution >= 0.6 is 0 Å². The highest BCUT2D eigenvalue weighted by Crippen LogP contribution is 2.17. The van der Waals surface area contributed by atoms with Crippen molar-refractivity contribution >= 4 is 12.0 Å². The van der Waals surface area contributed by atoms with Gasteiger partial charge in [-0.15, -0.1) is 0 Å². The van der Waals surface area contributed by atoms with Gasteiger partial charge in [-0.2, -0.15) is 0 Å². The van der Waals surface area contributed by atoms with E-state index in [9.17, 15) is 9.59 Å². The first-order valence-corrected chi connectivity index (χ1v) is 6.49. The molecule has 1 saturated heterocycles. The molecule has 5 heteroatoms. The quantitative estimate of drug-likeness (QED) is 0.873. The normalized spacial score (nSPS) is 18.9. The third-order valence-corrected chi connectivity index (χ3v) is 3.34. The number of hydrogen-bond acceptors (Lipinski definition) is 2. The Balaban J connectivity index is 1.93. The maximum absolute atomic E-state index is 12.0. The summed E-state index contributed by atoms with van der Waals surface area (Å²) in [5, 5.41) is 11.9. The van der Waals surface area contributed by atoms with E-state index in [-0.39, 0.29) is 6.03 Å². The van der Waals surface area contributed by atoms with Gasteiger partial charge in [-0.3, -0.25) is 0 Å². The van der Waals surface area contributed by atoms with Gasteiger partial charge in [-0.05, 0) is 24.8 Å². The van der Waals surface area contributed by atoms with Gasteiger partial charge in [-0.25, -0.2) is 9.59 Å². The van der Waals surface area contributed by atoms with Crippen molar-refractivity contribution in [3.05, 3.63) is 35.9 Å². The van der Waals surface area contributed by atoms with E-state index < -0.39 is 12.0 Å². The SMILES string of the molecule is O=C(O)[C@H]1CCCCN1C(=O)NCc1ccccc1. The number of carboxylic acids is 1. The second-order valence-corrected chi connectivity index (χ2v) is 4.69. The molecule has 1 aliphatic rings. The molecular weight excluding hydrogens is 244 g/mol. The predicted molar refractivity (Wildman–Crippen MR) is 70.7 cm³/mol. The number of nitrogens with zero attached hydrogens (tertiary/aromatic N) is 1. The van der Waals surface area contributed by atoms with Gasteiger partial charge < -0.3 is 15.3 Å². The lowest BCUT2D eigenvalue weighted by Crippen LogP contribution is -2.51. The summed E-state index contributed by atoms with van der Waals surface area (Å²) in [5.41, 5.74) is 1.000. The van der Waals surface area contributed by atoms with Crippen molar-refractivity contribution in [1.82, 2.24) is 10.2 Å². The third-order valence-electron chi connectivity index (χ3n) is 3.34. The average Bonchev–Trinajstić information content (AvgIpc) is 2.46. The topological polar surface area (TPSA) is 69.6 Å². The molecule has 2 amide bonds. The minimum atomic E-state index is -0.922. The predicted octanol–water partition coefficient (Wildman–Crippen LogP) is 1.84. The molecule has 1 heterocycles. The number of benzene rings is 1. The number of urea groups is 1. The van der Waals surface area contributed by atoms with Gasteiger partial charge >= 0.3 is 12.0 Å². The van der Waals surface area contributed by atoms with Gasteiger partial charge in [-0.1, -0.05) is 30.3 Å². The van der Waals surface area contributed by atoms with Gasteiger partial charge in [0.2, 0.25) is 0 Å². The molecule has 0 unspecified atom stereocenters. The van der Waals surface area contributed by atoms with Crippen molar-refractivity contribution in [2.24, 2.45) is 0 Å². The molecule has 5 nitrogen and oxygen atoms in total. The summed E-state index contributed by atoms with van der Waals surface area (Å²) in [6.45, 7) is 0.931. The monoisotopic (exact) mass is 262 g/mol. The second kappa shape index (κ2) is 6.22. The van der Waals surface area contributed by atoms with Gasteiger partial charge in [0.1, 0.15) is 6.04 Å². The maximum atomic E-state index is 12.0. The van der Waals surface area contributed by atoms with Crippen molar-refractivity contribution in [1.29, 1.82) is 0 Å². The van der Waals surface area contributed by atoms with Crippen molar-refractivity contribution < 1.29 is 14.7 Å². The first kappa shape index (κ1) is 13.4. The first-order chi connectivity index (χ1) is 9.18. The van der Waals surface area contributed by atoms with Crippen molar-refractivity contribution in [2.75, 3.05) is 6.54 Å². The van der Waals surface area contributed by atoms with Crippen LogP contribution in [0.1, 0.15) is 24.8 Å². The number of rotatable bonds is 3. The van der Waals surface area contributed by atoms with Crippen LogP contribution in [0.2, 0.25) is 0 Å². The Hall–Kier alpha value is -2.04. The Morgan fingerprint density at radius 2 is 2.00 bits per heavy atom. The van der Waals surface area contributed by atoms with Crippen LogP contribution in [0, 0.1) is 0 Å². The Labute approximate surface area is 112 Å². The highest BCUT2D eigenvalue weighted by atomic mass is 16.4. The molecule has 1 aliphatic heterocycles. The van der Waals surface area contributed by atoms with Gasteiger partial charge in [0.15, 0.2) is 0 Å². The van der Waals surface area contributed by atoms with Crippen LogP contribution in [0.5, 0.6) is 0 Å². The number of nitrogens with one attached hydrogen (secondary N) is 1. The zero-order chi connectivity index (χ0) is 13.7. The highest BCUT2D eigenvalue weighted by molar-refractivity contribution is 5.82. The molecule has 0 spiro atoms. The average molecular weight is 262 g/mol. The zero-order valence-electron chi connectivity index (χ0n) is 10.7. The largest absolute Gasteiger partial charge is 0.480 e. The molecule has 0 aromatic heterocycles. The lowest BCUT2D eigenvalue weighted by molar-refractivity contribution is -0.143. The maximum Gasteiger partial charge on any atom is 0.326 e. The van der Waals surface area contributed by atoms with E-state index in [1.54, 1.807) is 0 Å². The van der Waals surface area contributed by atoms with Crippen molar-refractivity contribution in [2.45, 2.75) is 31.8 Å². The van der Waals surface area contributed by atoms with Crippen LogP contribution in [0.25, 0.3) is 0 Å². The number of hydrogen-bond donors (Lipinski definition) is 2. The molecular formula is C14H18N2O3. The minimum Gasteiger partial charge on any atom is -0.480 e. The summed E-state index contributed by atoms with van der Waals surface area (Å²) in [4.78, 5) is 24.6. The number of likely N-dealkylation sites (tertiary alicyclic amines) is 1. The molecule has 1 aromatic rings. The smallest absolute Gasteiger partial charge is 0.326 e. The summed E-state index contributed by atoms with van der Waals surface area (Å²) in [6.07, 6.45) is 2.26. The fourth-order valence-corrected chi connectivity index (χ4v) is 2.31. The number of aliphatic carboxylic acids is 1. The van der Waals surface area contributed by atoms with Crippen molar-refractivity contribution in [3.63, 3.8) is 0 Å². The molecule has 2 rings (SSSR count). The molecule has 1 aromatic carbocycles. The Morgan fingerprint density at radius 3 is 2.68 bits per heavy atom. The fraction of sp³-hybridized carbons (Fsp3) is 0.429. The molecule has 102 valence electrons. The Morgan fingerprint density at radius 1 is 1.26 bits per heavy atom. The minimum absolute atomic E-state index is 0.295. The number of carbonyl (C=O) groups is 2. The van der Waals surface area contributed by atoms with E-state index in [4.69, 9.17) is 5.11 Å². The molecule has 1 fully saturated rings. The summed E-state index contributed by atoms with van der Waals surface area (Å²) in [7, 11) is 0.